The predicted octanol–water partition coefficient (Wildman–Crippen LogP) is 18.8. The lowest BCUT2D eigenvalue weighted by atomic mass is 9.98. The summed E-state index contributed by atoms with van der Waals surface area (Å²) in [5.74, 6) is 5.21. The normalized spacial score (nSPS) is 14.3. The van der Waals surface area contributed by atoms with Crippen LogP contribution in [0.3, 0.4) is 0 Å². The molecule has 0 bridgehead atoms. The molecule has 2 N–H and O–H groups in total. The Bertz CT molecular complexity index is 4300. The van der Waals surface area contributed by atoms with Crippen molar-refractivity contribution in [1.29, 1.82) is 21.0 Å². The second-order valence-corrected chi connectivity index (χ2v) is 31.8. The van der Waals surface area contributed by atoms with Gasteiger partial charge in [-0.2, -0.15) is 21.0 Å². The minimum Gasteiger partial charge on any atom is -0.481 e. The van der Waals surface area contributed by atoms with Crippen LogP contribution >= 0.6 is 39.5 Å². The van der Waals surface area contributed by atoms with E-state index in [9.17, 15) is 34.8 Å². The van der Waals surface area contributed by atoms with Crippen molar-refractivity contribution in [2.75, 3.05) is 14.2 Å². The standard InChI is InChI=1S/C22H23N3OS.C21H24N2O2S.C21H24N2OS.C14H20BrNO/c1-13(2)20-21(27-18-8-16(11-23)7-17(9-18)12-24)19(10-15-5-6-15)14(3)25-22(20)26-4;1-12(2)19-20(18(10-15-5-6-15)14(4)23-21(19)24)26(25)17-8-13(3)7-16(9-17)11-22;1-12(2)19-20(25-17-8-13(3)7-16(9-17)11-22)18(10-15-5-6-15)14(4)23-21(19)24;1-8(2)12-13(15)11(7-10-5-6-10)9(3)16-14(12)17-4/h7-9,13,15H,5-6,10H2,1-4H3;7-9,12,15H,5-6,10H2,1-4H3,(H,23,24);7-9,12,15H,5-6,10H2,1-4H3,(H,23,24);8,10H,5-7H2,1-4H3. The van der Waals surface area contributed by atoms with Crippen molar-refractivity contribution < 1.29 is 13.7 Å². The summed E-state index contributed by atoms with van der Waals surface area (Å²) < 4.78 is 25.8. The Morgan fingerprint density at radius 3 is 1.32 bits per heavy atom. The fourth-order valence-electron chi connectivity index (χ4n) is 12.1. The molecule has 1 atom stereocenters. The van der Waals surface area contributed by atoms with Gasteiger partial charge in [0.05, 0.1) is 76.4 Å². The third-order valence-electron chi connectivity index (χ3n) is 17.7. The van der Waals surface area contributed by atoms with Crippen molar-refractivity contribution in [3.05, 3.63) is 180 Å². The van der Waals surface area contributed by atoms with E-state index in [0.29, 0.717) is 55.3 Å². The quantitative estimate of drug-likeness (QED) is 0.0726. The Morgan fingerprint density at radius 1 is 0.495 bits per heavy atom. The molecule has 4 aliphatic rings. The van der Waals surface area contributed by atoms with Crippen molar-refractivity contribution in [3.8, 4) is 36.0 Å². The number of halogens is 1. The van der Waals surface area contributed by atoms with Gasteiger partial charge in [-0.3, -0.25) is 9.59 Å². The van der Waals surface area contributed by atoms with E-state index < -0.39 is 10.8 Å². The van der Waals surface area contributed by atoms with Crippen molar-refractivity contribution in [2.45, 2.75) is 227 Å². The minimum absolute atomic E-state index is 0.0164. The van der Waals surface area contributed by atoms with Crippen LogP contribution in [0.5, 0.6) is 11.8 Å². The number of aromatic nitrogens is 4. The molecule has 4 saturated carbocycles. The molecule has 0 spiro atoms. The number of aromatic amines is 2. The van der Waals surface area contributed by atoms with Gasteiger partial charge in [0.25, 0.3) is 11.1 Å². The Labute approximate surface area is 582 Å². The number of methoxy groups -OCH3 is 2. The maximum absolute atomic E-state index is 13.6. The fraction of sp³-hybridized carbons (Fsp3) is 0.462. The van der Waals surface area contributed by atoms with Crippen LogP contribution in [-0.2, 0) is 36.5 Å². The van der Waals surface area contributed by atoms with E-state index in [1.165, 1.54) is 83.0 Å². The van der Waals surface area contributed by atoms with Crippen LogP contribution in [0.25, 0.3) is 0 Å². The maximum Gasteiger partial charge on any atom is 0.252 e. The zero-order valence-corrected chi connectivity index (χ0v) is 62.2. The molecule has 0 amide bonds. The van der Waals surface area contributed by atoms with Crippen LogP contribution in [0.4, 0.5) is 0 Å². The smallest absolute Gasteiger partial charge is 0.252 e. The number of nitrogens with zero attached hydrogens (tertiary/aromatic N) is 6. The number of benzene rings is 3. The second kappa shape index (κ2) is 32.7. The zero-order valence-electron chi connectivity index (χ0n) is 58.1. The largest absolute Gasteiger partial charge is 0.481 e. The number of nitriles is 4. The van der Waals surface area contributed by atoms with Crippen LogP contribution in [0.2, 0.25) is 0 Å². The van der Waals surface area contributed by atoms with Gasteiger partial charge in [-0.1, -0.05) is 78.9 Å². The molecule has 0 aliphatic heterocycles. The van der Waals surface area contributed by atoms with Gasteiger partial charge in [0.2, 0.25) is 11.8 Å². The SMILES string of the molecule is COc1nc(C)c(CC2CC2)c(Br)c1C(C)C.COc1nc(C)c(CC2CC2)c(Sc2cc(C#N)cc(C#N)c2)c1C(C)C.Cc1cc(C#N)cc(S(=O)c2c(CC3CC3)c(C)[nH]c(=O)c2C(C)C)c1.Cc1cc(C#N)cc(Sc2c(CC3CC3)c(C)[nH]c(=O)c2C(C)C)c1. The average Bonchev–Trinajstić information content (AvgIpc) is 1.57. The molecular weight excluding hydrogens is 1310 g/mol. The first kappa shape index (κ1) is 73.6. The number of ether oxygens (including phenoxy) is 2. The van der Waals surface area contributed by atoms with E-state index in [0.717, 1.165) is 115 Å². The maximum atomic E-state index is 13.6. The lowest BCUT2D eigenvalue weighted by Gasteiger charge is -2.21. The lowest BCUT2D eigenvalue weighted by Crippen LogP contribution is -2.22. The molecule has 17 heteroatoms. The summed E-state index contributed by atoms with van der Waals surface area (Å²) in [7, 11) is 1.86. The molecule has 7 aromatic rings. The highest BCUT2D eigenvalue weighted by Crippen LogP contribution is 2.47. The Kier molecular flexibility index (Phi) is 25.3. The highest BCUT2D eigenvalue weighted by Gasteiger charge is 2.32. The van der Waals surface area contributed by atoms with Crippen molar-refractivity contribution >= 4 is 50.3 Å². The lowest BCUT2D eigenvalue weighted by molar-refractivity contribution is 0.386. The van der Waals surface area contributed by atoms with Crippen molar-refractivity contribution in [3.63, 3.8) is 0 Å². The topological polar surface area (TPSA) is 222 Å². The van der Waals surface area contributed by atoms with Gasteiger partial charge in [-0.05, 0) is 270 Å². The van der Waals surface area contributed by atoms with Gasteiger partial charge in [0.1, 0.15) is 0 Å². The first-order valence-electron chi connectivity index (χ1n) is 33.3. The van der Waals surface area contributed by atoms with E-state index in [-0.39, 0.29) is 28.9 Å². The average molecular weight is 1400 g/mol. The highest BCUT2D eigenvalue weighted by molar-refractivity contribution is 9.10. The summed E-state index contributed by atoms with van der Waals surface area (Å²) in [6.07, 6.45) is 14.3. The molecule has 0 radical (unpaired) electrons. The molecule has 4 aromatic heterocycles. The van der Waals surface area contributed by atoms with E-state index in [4.69, 9.17) is 14.5 Å². The van der Waals surface area contributed by atoms with Gasteiger partial charge in [-0.25, -0.2) is 14.2 Å². The van der Waals surface area contributed by atoms with Gasteiger partial charge in [-0.15, -0.1) is 0 Å². The molecule has 13 nitrogen and oxygen atoms in total. The summed E-state index contributed by atoms with van der Waals surface area (Å²) in [6.45, 7) is 28.6. The molecule has 498 valence electrons. The van der Waals surface area contributed by atoms with Gasteiger partial charge < -0.3 is 19.4 Å². The predicted molar refractivity (Wildman–Crippen MR) is 385 cm³/mol. The molecule has 95 heavy (non-hydrogen) atoms. The van der Waals surface area contributed by atoms with Crippen LogP contribution in [-0.4, -0.2) is 38.4 Å². The van der Waals surface area contributed by atoms with Crippen LogP contribution in [0, 0.1) is 111 Å². The van der Waals surface area contributed by atoms with Crippen LogP contribution < -0.4 is 20.6 Å². The number of H-pyrrole nitrogens is 2. The first-order chi connectivity index (χ1) is 45.2. The summed E-state index contributed by atoms with van der Waals surface area (Å²) in [5, 5.41) is 37.1. The minimum atomic E-state index is -1.49. The van der Waals surface area contributed by atoms with E-state index in [2.05, 4.69) is 110 Å². The monoisotopic (exact) mass is 1390 g/mol. The Morgan fingerprint density at radius 2 is 0.863 bits per heavy atom. The van der Waals surface area contributed by atoms with Crippen LogP contribution in [0.1, 0.15) is 231 Å². The highest BCUT2D eigenvalue weighted by atomic mass is 79.9. The molecule has 1 unspecified atom stereocenters. The number of rotatable bonds is 20. The van der Waals surface area contributed by atoms with E-state index in [1.807, 2.05) is 78.8 Å². The molecule has 4 fully saturated rings. The molecule has 0 saturated heterocycles. The molecule has 4 aliphatic carbocycles. The van der Waals surface area contributed by atoms with Gasteiger partial charge in [0, 0.05) is 74.0 Å². The zero-order chi connectivity index (χ0) is 69.3. The molecule has 3 aromatic carbocycles. The summed E-state index contributed by atoms with van der Waals surface area (Å²) in [4.78, 5) is 46.0. The summed E-state index contributed by atoms with van der Waals surface area (Å²) >= 11 is 7.02. The third-order valence-corrected chi connectivity index (χ3v) is 22.4. The number of hydrogen-bond donors (Lipinski definition) is 2. The number of aryl methyl sites for hydroxylation is 6. The molecular formula is C78H91BrN8O5S3. The first-order valence-corrected chi connectivity index (χ1v) is 36.9. The second-order valence-electron chi connectivity index (χ2n) is 27.4. The third kappa shape index (κ3) is 19.1. The number of nitrogens with one attached hydrogen (secondary N) is 2. The summed E-state index contributed by atoms with van der Waals surface area (Å²) in [6, 6.07) is 25.2. The molecule has 4 heterocycles. The fourth-order valence-corrected chi connectivity index (χ4v) is 17.7. The van der Waals surface area contributed by atoms with Crippen LogP contribution in [0.15, 0.2) is 98.0 Å². The van der Waals surface area contributed by atoms with Gasteiger partial charge >= 0.3 is 0 Å². The number of hydrogen-bond acceptors (Lipinski definition) is 13. The van der Waals surface area contributed by atoms with Crippen molar-refractivity contribution in [2.24, 2.45) is 23.7 Å². The van der Waals surface area contributed by atoms with E-state index in [1.54, 1.807) is 55.9 Å². The van der Waals surface area contributed by atoms with Gasteiger partial charge in [0.15, 0.2) is 0 Å². The Hall–Kier alpha value is -7.25. The van der Waals surface area contributed by atoms with E-state index >= 15 is 0 Å². The summed E-state index contributed by atoms with van der Waals surface area (Å²) in [5.41, 5.74) is 16.6. The molecule has 11 rings (SSSR count). The Balaban J connectivity index is 0.000000164. The number of pyridine rings is 4. The van der Waals surface area contributed by atoms with Crippen molar-refractivity contribution in [1.82, 2.24) is 19.9 Å².